The van der Waals surface area contributed by atoms with Crippen LogP contribution in [-0.2, 0) is 11.2 Å². The number of carbonyl (C=O) groups is 1. The third kappa shape index (κ3) is 3.89. The number of nitrogens with zero attached hydrogens (tertiary/aromatic N) is 5. The van der Waals surface area contributed by atoms with Crippen molar-refractivity contribution in [2.24, 2.45) is 0 Å². The summed E-state index contributed by atoms with van der Waals surface area (Å²) in [4.78, 5) is 25.3. The van der Waals surface area contributed by atoms with Crippen LogP contribution in [0.1, 0.15) is 23.4 Å². The van der Waals surface area contributed by atoms with Gasteiger partial charge < -0.3 is 19.1 Å². The van der Waals surface area contributed by atoms with Crippen LogP contribution in [0.25, 0.3) is 0 Å². The maximum absolute atomic E-state index is 12.6. The molecule has 2 aromatic rings. The van der Waals surface area contributed by atoms with Crippen molar-refractivity contribution in [2.75, 3.05) is 38.2 Å². The quantitative estimate of drug-likeness (QED) is 0.827. The standard InChI is InChI=1S/C17H23N5O3/c1-12-15(13(2)25-20-12)9-16(23)21-5-4-6-22(8-7-21)17-18-10-14(24-3)11-19-17/h10-11H,4-9H2,1-3H3. The van der Waals surface area contributed by atoms with Crippen molar-refractivity contribution in [2.45, 2.75) is 26.7 Å². The molecule has 1 aliphatic heterocycles. The number of ether oxygens (including phenoxy) is 1. The molecule has 2 aromatic heterocycles. The Labute approximate surface area is 146 Å². The molecule has 1 fully saturated rings. The molecule has 1 saturated heterocycles. The van der Waals surface area contributed by atoms with Gasteiger partial charge in [0.1, 0.15) is 5.76 Å². The van der Waals surface area contributed by atoms with E-state index in [0.717, 1.165) is 30.8 Å². The van der Waals surface area contributed by atoms with Crippen LogP contribution in [0.4, 0.5) is 5.95 Å². The van der Waals surface area contributed by atoms with E-state index in [2.05, 4.69) is 20.0 Å². The summed E-state index contributed by atoms with van der Waals surface area (Å²) < 4.78 is 10.2. The van der Waals surface area contributed by atoms with Crippen LogP contribution >= 0.6 is 0 Å². The zero-order valence-electron chi connectivity index (χ0n) is 14.9. The van der Waals surface area contributed by atoms with Crippen molar-refractivity contribution in [1.82, 2.24) is 20.0 Å². The molecule has 0 saturated carbocycles. The van der Waals surface area contributed by atoms with Gasteiger partial charge in [-0.05, 0) is 20.3 Å². The predicted octanol–water partition coefficient (Wildman–Crippen LogP) is 1.37. The topological polar surface area (TPSA) is 84.6 Å². The highest BCUT2D eigenvalue weighted by molar-refractivity contribution is 5.79. The van der Waals surface area contributed by atoms with Gasteiger partial charge in [-0.2, -0.15) is 0 Å². The van der Waals surface area contributed by atoms with Crippen LogP contribution in [0.15, 0.2) is 16.9 Å². The Morgan fingerprint density at radius 2 is 1.96 bits per heavy atom. The number of hydrogen-bond donors (Lipinski definition) is 0. The smallest absolute Gasteiger partial charge is 0.227 e. The summed E-state index contributed by atoms with van der Waals surface area (Å²) in [5.41, 5.74) is 1.68. The summed E-state index contributed by atoms with van der Waals surface area (Å²) in [5.74, 6) is 2.12. The van der Waals surface area contributed by atoms with Crippen LogP contribution in [-0.4, -0.2) is 59.2 Å². The molecule has 0 N–H and O–H groups in total. The molecule has 25 heavy (non-hydrogen) atoms. The van der Waals surface area contributed by atoms with E-state index >= 15 is 0 Å². The zero-order valence-corrected chi connectivity index (χ0v) is 14.9. The van der Waals surface area contributed by atoms with Crippen LogP contribution < -0.4 is 9.64 Å². The van der Waals surface area contributed by atoms with Gasteiger partial charge in [0.05, 0.1) is 31.6 Å². The molecule has 8 nitrogen and oxygen atoms in total. The molecule has 0 aliphatic carbocycles. The summed E-state index contributed by atoms with van der Waals surface area (Å²) in [6, 6.07) is 0. The zero-order chi connectivity index (χ0) is 17.8. The Morgan fingerprint density at radius 1 is 1.20 bits per heavy atom. The molecular weight excluding hydrogens is 322 g/mol. The van der Waals surface area contributed by atoms with Gasteiger partial charge in [-0.15, -0.1) is 0 Å². The number of rotatable bonds is 4. The second-order valence-corrected chi connectivity index (χ2v) is 6.12. The number of aromatic nitrogens is 3. The van der Waals surface area contributed by atoms with E-state index in [1.165, 1.54) is 0 Å². The van der Waals surface area contributed by atoms with Crippen LogP contribution in [0.5, 0.6) is 5.75 Å². The fraction of sp³-hybridized carbons (Fsp3) is 0.529. The number of hydrogen-bond acceptors (Lipinski definition) is 7. The van der Waals surface area contributed by atoms with Gasteiger partial charge >= 0.3 is 0 Å². The maximum atomic E-state index is 12.6. The number of anilines is 1. The Kier molecular flexibility index (Phi) is 5.16. The summed E-state index contributed by atoms with van der Waals surface area (Å²) >= 11 is 0. The Balaban J connectivity index is 1.61. The summed E-state index contributed by atoms with van der Waals surface area (Å²) in [7, 11) is 1.59. The molecule has 1 aliphatic rings. The minimum atomic E-state index is 0.104. The normalized spacial score (nSPS) is 15.2. The van der Waals surface area contributed by atoms with E-state index in [1.807, 2.05) is 18.7 Å². The maximum Gasteiger partial charge on any atom is 0.227 e. The second-order valence-electron chi connectivity index (χ2n) is 6.12. The third-order valence-electron chi connectivity index (χ3n) is 4.49. The van der Waals surface area contributed by atoms with E-state index < -0.39 is 0 Å². The lowest BCUT2D eigenvalue weighted by Gasteiger charge is -2.22. The van der Waals surface area contributed by atoms with E-state index in [9.17, 15) is 4.79 Å². The van der Waals surface area contributed by atoms with Gasteiger partial charge in [-0.3, -0.25) is 4.79 Å². The summed E-state index contributed by atoms with van der Waals surface area (Å²) in [5, 5.41) is 3.92. The molecular formula is C17H23N5O3. The van der Waals surface area contributed by atoms with Gasteiger partial charge in [0.25, 0.3) is 0 Å². The third-order valence-corrected chi connectivity index (χ3v) is 4.49. The molecule has 3 heterocycles. The van der Waals surface area contributed by atoms with Gasteiger partial charge in [-0.25, -0.2) is 9.97 Å². The molecule has 0 radical (unpaired) electrons. The second kappa shape index (κ2) is 7.50. The minimum absolute atomic E-state index is 0.104. The first-order valence-corrected chi connectivity index (χ1v) is 8.39. The lowest BCUT2D eigenvalue weighted by molar-refractivity contribution is -0.130. The SMILES string of the molecule is COc1cnc(N2CCCN(C(=O)Cc3c(C)noc3C)CC2)nc1. The Morgan fingerprint density at radius 3 is 2.60 bits per heavy atom. The molecule has 0 bridgehead atoms. The van der Waals surface area contributed by atoms with Crippen molar-refractivity contribution < 1.29 is 14.1 Å². The molecule has 0 atom stereocenters. The van der Waals surface area contributed by atoms with Gasteiger partial charge in [0.15, 0.2) is 5.75 Å². The highest BCUT2D eigenvalue weighted by atomic mass is 16.5. The van der Waals surface area contributed by atoms with E-state index in [0.29, 0.717) is 37.0 Å². The molecule has 134 valence electrons. The Hall–Kier alpha value is -2.64. The number of carbonyl (C=O) groups excluding carboxylic acids is 1. The van der Waals surface area contributed by atoms with Crippen molar-refractivity contribution in [3.8, 4) is 5.75 Å². The van der Waals surface area contributed by atoms with Crippen LogP contribution in [0.2, 0.25) is 0 Å². The largest absolute Gasteiger partial charge is 0.494 e. The molecule has 1 amide bonds. The summed E-state index contributed by atoms with van der Waals surface area (Å²) in [6.07, 6.45) is 4.53. The van der Waals surface area contributed by atoms with Gasteiger partial charge in [-0.1, -0.05) is 5.16 Å². The summed E-state index contributed by atoms with van der Waals surface area (Å²) in [6.45, 7) is 6.62. The fourth-order valence-electron chi connectivity index (χ4n) is 2.96. The lowest BCUT2D eigenvalue weighted by atomic mass is 10.1. The molecule has 0 spiro atoms. The highest BCUT2D eigenvalue weighted by Crippen LogP contribution is 2.17. The van der Waals surface area contributed by atoms with E-state index in [4.69, 9.17) is 9.26 Å². The van der Waals surface area contributed by atoms with Crippen molar-refractivity contribution in [1.29, 1.82) is 0 Å². The Bertz CT molecular complexity index is 709. The average Bonchev–Trinajstić information content (AvgIpc) is 2.84. The lowest BCUT2D eigenvalue weighted by Crippen LogP contribution is -2.36. The molecule has 8 heteroatoms. The van der Waals surface area contributed by atoms with Crippen molar-refractivity contribution >= 4 is 11.9 Å². The number of methoxy groups -OCH3 is 1. The number of amides is 1. The molecule has 3 rings (SSSR count). The van der Waals surface area contributed by atoms with Gasteiger partial charge in [0, 0.05) is 31.7 Å². The van der Waals surface area contributed by atoms with Crippen LogP contribution in [0, 0.1) is 13.8 Å². The van der Waals surface area contributed by atoms with E-state index in [1.54, 1.807) is 19.5 Å². The number of aryl methyl sites for hydroxylation is 2. The predicted molar refractivity (Wildman–Crippen MR) is 91.7 cm³/mol. The van der Waals surface area contributed by atoms with Gasteiger partial charge in [0.2, 0.25) is 11.9 Å². The first kappa shape index (κ1) is 17.2. The molecule has 0 aromatic carbocycles. The fourth-order valence-corrected chi connectivity index (χ4v) is 2.96. The van der Waals surface area contributed by atoms with E-state index in [-0.39, 0.29) is 5.91 Å². The average molecular weight is 345 g/mol. The first-order valence-electron chi connectivity index (χ1n) is 8.39. The monoisotopic (exact) mass is 345 g/mol. The molecule has 0 unspecified atom stereocenters. The van der Waals surface area contributed by atoms with Crippen LogP contribution in [0.3, 0.4) is 0 Å². The first-order chi connectivity index (χ1) is 12.1. The van der Waals surface area contributed by atoms with Crippen molar-refractivity contribution in [3.05, 3.63) is 29.4 Å². The highest BCUT2D eigenvalue weighted by Gasteiger charge is 2.22. The minimum Gasteiger partial charge on any atom is -0.494 e. The van der Waals surface area contributed by atoms with Crippen molar-refractivity contribution in [3.63, 3.8) is 0 Å².